The van der Waals surface area contributed by atoms with Gasteiger partial charge in [-0.1, -0.05) is 24.3 Å². The van der Waals surface area contributed by atoms with E-state index < -0.39 is 28.0 Å². The molecule has 2 N–H and O–H groups in total. The van der Waals surface area contributed by atoms with Crippen molar-refractivity contribution in [2.75, 3.05) is 12.0 Å². The number of anilines is 1. The number of hydrogen-bond donors (Lipinski definition) is 2. The molecule has 0 aromatic heterocycles. The minimum Gasteiger partial charge on any atom is -0.595 e. The van der Waals surface area contributed by atoms with Crippen molar-refractivity contribution in [3.05, 3.63) is 94.2 Å². The van der Waals surface area contributed by atoms with Crippen LogP contribution in [0, 0.1) is 16.8 Å². The second-order valence-electron chi connectivity index (χ2n) is 9.00. The molecular weight excluding hydrogens is 442 g/mol. The molecule has 1 spiro atoms. The van der Waals surface area contributed by atoms with E-state index in [1.807, 2.05) is 55.2 Å². The quantitative estimate of drug-likeness (QED) is 0.555. The van der Waals surface area contributed by atoms with Gasteiger partial charge in [-0.3, -0.25) is 0 Å². The van der Waals surface area contributed by atoms with Gasteiger partial charge in [0.2, 0.25) is 5.72 Å². The number of nitrogens with zero attached hydrogens (tertiary/aromatic N) is 1. The maximum Gasteiger partial charge on any atom is 0.212 e. The summed E-state index contributed by atoms with van der Waals surface area (Å²) in [5.74, 6) is -0.584. The van der Waals surface area contributed by atoms with Gasteiger partial charge in [0, 0.05) is 41.6 Å². The maximum absolute atomic E-state index is 14.7. The lowest BCUT2D eigenvalue weighted by atomic mass is 9.76. The Kier molecular flexibility index (Phi) is 5.12. The Morgan fingerprint density at radius 3 is 2.59 bits per heavy atom. The SMILES string of the molecule is COc1cc([NH+]([O-])O)cc2c1OC1(C=C2)N(Cc2ccc(F)cc2F)c2ccccc2C1(C)C. The number of para-hydroxylation sites is 1. The van der Waals surface area contributed by atoms with E-state index in [0.717, 1.165) is 17.3 Å². The summed E-state index contributed by atoms with van der Waals surface area (Å²) in [6.07, 6.45) is 3.69. The van der Waals surface area contributed by atoms with E-state index in [9.17, 15) is 19.2 Å². The summed E-state index contributed by atoms with van der Waals surface area (Å²) >= 11 is 0. The number of rotatable bonds is 4. The first-order valence-corrected chi connectivity index (χ1v) is 10.8. The van der Waals surface area contributed by atoms with Gasteiger partial charge >= 0.3 is 0 Å². The molecule has 0 aliphatic carbocycles. The van der Waals surface area contributed by atoms with Crippen LogP contribution in [0.3, 0.4) is 0 Å². The number of fused-ring (bicyclic) bond motifs is 2. The third kappa shape index (κ3) is 3.18. The van der Waals surface area contributed by atoms with Crippen molar-refractivity contribution >= 4 is 17.5 Å². The fourth-order valence-corrected chi connectivity index (χ4v) is 4.97. The lowest BCUT2D eigenvalue weighted by Gasteiger charge is -2.47. The minimum absolute atomic E-state index is 0.0824. The van der Waals surface area contributed by atoms with Gasteiger partial charge in [0.1, 0.15) is 11.6 Å². The predicted octanol–water partition coefficient (Wildman–Crippen LogP) is 4.48. The van der Waals surface area contributed by atoms with Crippen LogP contribution in [0.25, 0.3) is 6.08 Å². The zero-order valence-corrected chi connectivity index (χ0v) is 18.9. The zero-order valence-electron chi connectivity index (χ0n) is 18.9. The fourth-order valence-electron chi connectivity index (χ4n) is 4.97. The first kappa shape index (κ1) is 22.3. The number of nitrogens with one attached hydrogen (secondary N) is 1. The Labute approximate surface area is 195 Å². The van der Waals surface area contributed by atoms with Crippen molar-refractivity contribution in [1.29, 1.82) is 0 Å². The van der Waals surface area contributed by atoms with Gasteiger partial charge in [0.05, 0.1) is 12.5 Å². The van der Waals surface area contributed by atoms with Gasteiger partial charge in [0.15, 0.2) is 17.2 Å². The van der Waals surface area contributed by atoms with Gasteiger partial charge in [-0.2, -0.15) is 5.23 Å². The maximum atomic E-state index is 14.7. The molecule has 2 unspecified atom stereocenters. The molecule has 0 bridgehead atoms. The van der Waals surface area contributed by atoms with Crippen molar-refractivity contribution in [2.24, 2.45) is 0 Å². The molecule has 34 heavy (non-hydrogen) atoms. The summed E-state index contributed by atoms with van der Waals surface area (Å²) in [5.41, 5.74) is 1.18. The first-order chi connectivity index (χ1) is 16.2. The molecule has 2 aliphatic rings. The first-order valence-electron chi connectivity index (χ1n) is 10.8. The number of hydrogen-bond acceptors (Lipinski definition) is 5. The Bertz CT molecular complexity index is 1310. The third-order valence-corrected chi connectivity index (χ3v) is 6.81. The average Bonchev–Trinajstić information content (AvgIpc) is 2.98. The highest BCUT2D eigenvalue weighted by atomic mass is 19.1. The molecule has 0 fully saturated rings. The molecule has 0 amide bonds. The lowest BCUT2D eigenvalue weighted by molar-refractivity contribution is -0.991. The van der Waals surface area contributed by atoms with Crippen molar-refractivity contribution in [3.8, 4) is 11.5 Å². The topological polar surface area (TPSA) is 69.4 Å². The Morgan fingerprint density at radius 1 is 1.12 bits per heavy atom. The average molecular weight is 466 g/mol. The largest absolute Gasteiger partial charge is 0.595 e. The molecule has 5 rings (SSSR count). The fraction of sp³-hybridized carbons (Fsp3) is 0.231. The van der Waals surface area contributed by atoms with E-state index >= 15 is 0 Å². The number of ether oxygens (including phenoxy) is 2. The summed E-state index contributed by atoms with van der Waals surface area (Å²) in [5, 5.41) is 20.0. The molecule has 176 valence electrons. The van der Waals surface area contributed by atoms with Crippen molar-refractivity contribution in [3.63, 3.8) is 0 Å². The van der Waals surface area contributed by atoms with Crippen molar-refractivity contribution in [2.45, 2.75) is 31.5 Å². The molecule has 3 aromatic carbocycles. The van der Waals surface area contributed by atoms with Crippen LogP contribution in [-0.4, -0.2) is 18.0 Å². The second-order valence-corrected chi connectivity index (χ2v) is 9.00. The molecule has 6 nitrogen and oxygen atoms in total. The normalized spacial score (nSPS) is 20.6. The predicted molar refractivity (Wildman–Crippen MR) is 123 cm³/mol. The highest BCUT2D eigenvalue weighted by molar-refractivity contribution is 5.75. The molecule has 0 saturated carbocycles. The van der Waals surface area contributed by atoms with E-state index in [-0.39, 0.29) is 12.2 Å². The van der Waals surface area contributed by atoms with Crippen LogP contribution in [0.15, 0.2) is 60.7 Å². The van der Waals surface area contributed by atoms with Crippen LogP contribution < -0.4 is 19.6 Å². The van der Waals surface area contributed by atoms with Crippen LogP contribution in [-0.2, 0) is 12.0 Å². The molecule has 2 aliphatic heterocycles. The summed E-state index contributed by atoms with van der Waals surface area (Å²) < 4.78 is 40.5. The van der Waals surface area contributed by atoms with Crippen molar-refractivity contribution < 1.29 is 28.7 Å². The summed E-state index contributed by atoms with van der Waals surface area (Å²) in [6, 6.07) is 14.3. The van der Waals surface area contributed by atoms with Crippen LogP contribution in [0.5, 0.6) is 11.5 Å². The third-order valence-electron chi connectivity index (χ3n) is 6.81. The van der Waals surface area contributed by atoms with Gasteiger partial charge in [-0.05, 0) is 43.7 Å². The van der Waals surface area contributed by atoms with E-state index in [0.29, 0.717) is 22.6 Å². The minimum atomic E-state index is -1.08. The van der Waals surface area contributed by atoms with E-state index in [4.69, 9.17) is 9.47 Å². The molecular formula is C26H24F2N2O4. The molecule has 2 heterocycles. The van der Waals surface area contributed by atoms with Crippen LogP contribution in [0.4, 0.5) is 20.2 Å². The monoisotopic (exact) mass is 466 g/mol. The number of methoxy groups -OCH3 is 1. The Balaban J connectivity index is 1.68. The van der Waals surface area contributed by atoms with Crippen molar-refractivity contribution in [1.82, 2.24) is 0 Å². The number of quaternary nitrogens is 1. The molecule has 0 saturated heterocycles. The smallest absolute Gasteiger partial charge is 0.212 e. The van der Waals surface area contributed by atoms with Crippen LogP contribution >= 0.6 is 0 Å². The molecule has 0 radical (unpaired) electrons. The van der Waals surface area contributed by atoms with Crippen LogP contribution in [0.1, 0.15) is 30.5 Å². The highest BCUT2D eigenvalue weighted by Crippen LogP contribution is 2.56. The molecule has 2 atom stereocenters. The standard InChI is InChI=1S/C26H24F2N2O4/c1-25(2)20-6-4-5-7-22(20)29(15-17-8-9-18(27)13-21(17)28)26(25)11-10-16-12-19(30(31)32)14-23(33-3)24(16)34-26/h4-14,30-31H,15H2,1-3H3. The van der Waals surface area contributed by atoms with Gasteiger partial charge in [-0.15, -0.1) is 0 Å². The summed E-state index contributed by atoms with van der Waals surface area (Å²) in [6.45, 7) is 4.21. The highest BCUT2D eigenvalue weighted by Gasteiger charge is 2.59. The summed E-state index contributed by atoms with van der Waals surface area (Å²) in [4.78, 5) is 1.96. The summed E-state index contributed by atoms with van der Waals surface area (Å²) in [7, 11) is 1.45. The molecule has 8 heteroatoms. The number of benzene rings is 3. The van der Waals surface area contributed by atoms with Gasteiger partial charge in [-0.25, -0.2) is 14.0 Å². The van der Waals surface area contributed by atoms with Gasteiger partial charge in [0.25, 0.3) is 0 Å². The van der Waals surface area contributed by atoms with E-state index in [2.05, 4.69) is 0 Å². The lowest BCUT2D eigenvalue weighted by Crippen LogP contribution is -2.99. The zero-order chi connectivity index (χ0) is 24.3. The van der Waals surface area contributed by atoms with Crippen LogP contribution in [0.2, 0.25) is 0 Å². The Morgan fingerprint density at radius 2 is 1.88 bits per heavy atom. The van der Waals surface area contributed by atoms with E-state index in [1.165, 1.54) is 31.4 Å². The second kappa shape index (κ2) is 7.80. The van der Waals surface area contributed by atoms with Gasteiger partial charge < -0.3 is 19.6 Å². The van der Waals surface area contributed by atoms with E-state index in [1.54, 1.807) is 0 Å². The number of halogens is 2. The molecule has 3 aromatic rings. The Hall–Kier alpha value is -3.46.